The molecular weight excluding hydrogens is 264 g/mol. The summed E-state index contributed by atoms with van der Waals surface area (Å²) < 4.78 is 1.81. The van der Waals surface area contributed by atoms with E-state index in [4.69, 9.17) is 5.11 Å². The lowest BCUT2D eigenvalue weighted by molar-refractivity contribution is 0.0699. The summed E-state index contributed by atoms with van der Waals surface area (Å²) >= 11 is 4.91. The van der Waals surface area contributed by atoms with Crippen LogP contribution in [0.3, 0.4) is 0 Å². The summed E-state index contributed by atoms with van der Waals surface area (Å²) in [6.45, 7) is 1.90. The Bertz CT molecular complexity index is 516. The first-order valence-corrected chi connectivity index (χ1v) is 5.68. The summed E-state index contributed by atoms with van der Waals surface area (Å²) in [7, 11) is 0. The largest absolute Gasteiger partial charge is 0.478 e. The van der Waals surface area contributed by atoms with Crippen molar-refractivity contribution in [3.63, 3.8) is 0 Å². The summed E-state index contributed by atoms with van der Waals surface area (Å²) in [6.07, 6.45) is 0. The van der Waals surface area contributed by atoms with Crippen LogP contribution in [0.5, 0.6) is 0 Å². The molecule has 0 atom stereocenters. The first-order chi connectivity index (χ1) is 6.61. The van der Waals surface area contributed by atoms with Crippen LogP contribution < -0.4 is 0 Å². The highest BCUT2D eigenvalue weighted by Gasteiger charge is 2.13. The van der Waals surface area contributed by atoms with Gasteiger partial charge in [-0.15, -0.1) is 11.3 Å². The van der Waals surface area contributed by atoms with Gasteiger partial charge in [-0.2, -0.15) is 0 Å². The van der Waals surface area contributed by atoms with Crippen LogP contribution in [0.2, 0.25) is 0 Å². The predicted octanol–water partition coefficient (Wildman–Crippen LogP) is 3.67. The third kappa shape index (κ3) is 1.35. The van der Waals surface area contributed by atoms with Gasteiger partial charge in [0.25, 0.3) is 0 Å². The molecule has 72 valence electrons. The molecule has 0 aliphatic heterocycles. The molecule has 1 aromatic heterocycles. The highest BCUT2D eigenvalue weighted by molar-refractivity contribution is 9.10. The smallest absolute Gasteiger partial charge is 0.337 e. The molecule has 14 heavy (non-hydrogen) atoms. The van der Waals surface area contributed by atoms with Gasteiger partial charge in [-0.05, 0) is 45.9 Å². The molecule has 1 N–H and O–H groups in total. The van der Waals surface area contributed by atoms with E-state index in [0.717, 1.165) is 20.1 Å². The van der Waals surface area contributed by atoms with Crippen LogP contribution in [0.15, 0.2) is 22.0 Å². The number of carboxylic acid groups (broad SMARTS) is 1. The molecule has 0 spiro atoms. The van der Waals surface area contributed by atoms with Crippen molar-refractivity contribution >= 4 is 43.3 Å². The van der Waals surface area contributed by atoms with Gasteiger partial charge in [0.05, 0.1) is 5.56 Å². The third-order valence-corrected chi connectivity index (χ3v) is 4.08. The number of carboxylic acids is 1. The molecule has 0 unspecified atom stereocenters. The summed E-state index contributed by atoms with van der Waals surface area (Å²) in [5, 5.41) is 11.9. The molecule has 0 radical (unpaired) electrons. The normalized spacial score (nSPS) is 10.7. The number of rotatable bonds is 1. The number of benzene rings is 1. The molecular formula is C10H7BrO2S. The number of aryl methyl sites for hydroxylation is 1. The van der Waals surface area contributed by atoms with Crippen molar-refractivity contribution in [3.05, 3.63) is 33.1 Å². The van der Waals surface area contributed by atoms with Crippen LogP contribution in [0.4, 0.5) is 0 Å². The molecule has 0 fully saturated rings. The van der Waals surface area contributed by atoms with Gasteiger partial charge in [0.15, 0.2) is 0 Å². The first-order valence-electron chi connectivity index (χ1n) is 4.01. The van der Waals surface area contributed by atoms with E-state index in [0.29, 0.717) is 5.56 Å². The van der Waals surface area contributed by atoms with Gasteiger partial charge in [0, 0.05) is 14.6 Å². The third-order valence-electron chi connectivity index (χ3n) is 2.08. The highest BCUT2D eigenvalue weighted by Crippen LogP contribution is 2.33. The lowest BCUT2D eigenvalue weighted by Crippen LogP contribution is -1.97. The zero-order chi connectivity index (χ0) is 10.3. The van der Waals surface area contributed by atoms with E-state index in [1.807, 2.05) is 18.4 Å². The van der Waals surface area contributed by atoms with Gasteiger partial charge in [0.2, 0.25) is 0 Å². The van der Waals surface area contributed by atoms with E-state index in [1.165, 1.54) is 11.3 Å². The minimum atomic E-state index is -0.868. The van der Waals surface area contributed by atoms with E-state index in [-0.39, 0.29) is 0 Å². The van der Waals surface area contributed by atoms with E-state index in [9.17, 15) is 4.79 Å². The Balaban J connectivity index is 2.91. The van der Waals surface area contributed by atoms with E-state index in [2.05, 4.69) is 15.9 Å². The molecule has 2 rings (SSSR count). The fourth-order valence-electron chi connectivity index (χ4n) is 1.41. The van der Waals surface area contributed by atoms with Crippen molar-refractivity contribution in [2.75, 3.05) is 0 Å². The molecule has 4 heteroatoms. The van der Waals surface area contributed by atoms with Gasteiger partial charge in [-0.25, -0.2) is 4.79 Å². The van der Waals surface area contributed by atoms with Crippen molar-refractivity contribution in [1.29, 1.82) is 0 Å². The van der Waals surface area contributed by atoms with Crippen LogP contribution in [-0.2, 0) is 0 Å². The minimum Gasteiger partial charge on any atom is -0.478 e. The molecule has 2 nitrogen and oxygen atoms in total. The quantitative estimate of drug-likeness (QED) is 0.859. The Kier molecular flexibility index (Phi) is 2.33. The zero-order valence-corrected chi connectivity index (χ0v) is 9.78. The number of thiophene rings is 1. The van der Waals surface area contributed by atoms with Crippen LogP contribution in [-0.4, -0.2) is 11.1 Å². The summed E-state index contributed by atoms with van der Waals surface area (Å²) in [6, 6.07) is 3.63. The number of halogens is 1. The monoisotopic (exact) mass is 270 g/mol. The molecule has 0 amide bonds. The zero-order valence-electron chi connectivity index (χ0n) is 7.37. The second-order valence-electron chi connectivity index (χ2n) is 3.02. The Morgan fingerprint density at radius 1 is 1.57 bits per heavy atom. The van der Waals surface area contributed by atoms with Crippen LogP contribution in [0.1, 0.15) is 15.9 Å². The van der Waals surface area contributed by atoms with Crippen molar-refractivity contribution < 1.29 is 9.90 Å². The number of carbonyl (C=O) groups is 1. The maximum absolute atomic E-state index is 11.0. The van der Waals surface area contributed by atoms with Crippen LogP contribution in [0, 0.1) is 6.92 Å². The Morgan fingerprint density at radius 2 is 2.29 bits per heavy atom. The maximum Gasteiger partial charge on any atom is 0.337 e. The summed E-state index contributed by atoms with van der Waals surface area (Å²) in [5.74, 6) is -0.868. The van der Waals surface area contributed by atoms with E-state index in [1.54, 1.807) is 6.07 Å². The van der Waals surface area contributed by atoms with Crippen molar-refractivity contribution in [1.82, 2.24) is 0 Å². The van der Waals surface area contributed by atoms with Crippen LogP contribution in [0.25, 0.3) is 10.1 Å². The second-order valence-corrected chi connectivity index (χ2v) is 4.73. The van der Waals surface area contributed by atoms with E-state index >= 15 is 0 Å². The SMILES string of the molecule is Cc1cc(C(=O)O)c2sccc2c1Br. The second kappa shape index (κ2) is 3.37. The number of fused-ring (bicyclic) bond motifs is 1. The first kappa shape index (κ1) is 9.68. The van der Waals surface area contributed by atoms with Crippen molar-refractivity contribution in [2.24, 2.45) is 0 Å². The molecule has 0 saturated carbocycles. The van der Waals surface area contributed by atoms with Crippen molar-refractivity contribution in [3.8, 4) is 0 Å². The van der Waals surface area contributed by atoms with Gasteiger partial charge in [-0.3, -0.25) is 0 Å². The lowest BCUT2D eigenvalue weighted by atomic mass is 10.1. The Morgan fingerprint density at radius 3 is 2.93 bits per heavy atom. The standard InChI is InChI=1S/C10H7BrO2S/c1-5-4-7(10(12)13)9-6(8(5)11)2-3-14-9/h2-4H,1H3,(H,12,13). The molecule has 0 aliphatic carbocycles. The van der Waals surface area contributed by atoms with Gasteiger partial charge in [0.1, 0.15) is 0 Å². The Hall–Kier alpha value is -0.870. The predicted molar refractivity (Wildman–Crippen MR) is 61.2 cm³/mol. The molecule has 1 heterocycles. The van der Waals surface area contributed by atoms with E-state index < -0.39 is 5.97 Å². The van der Waals surface area contributed by atoms with Crippen LogP contribution >= 0.6 is 27.3 Å². The minimum absolute atomic E-state index is 0.385. The molecule has 2 aromatic rings. The maximum atomic E-state index is 11.0. The van der Waals surface area contributed by atoms with Gasteiger partial charge < -0.3 is 5.11 Å². The van der Waals surface area contributed by atoms with Crippen molar-refractivity contribution in [2.45, 2.75) is 6.92 Å². The fraction of sp³-hybridized carbons (Fsp3) is 0.100. The number of aromatic carboxylic acids is 1. The summed E-state index contributed by atoms with van der Waals surface area (Å²) in [4.78, 5) is 11.0. The topological polar surface area (TPSA) is 37.3 Å². The molecule has 0 saturated heterocycles. The van der Waals surface area contributed by atoms with Gasteiger partial charge >= 0.3 is 5.97 Å². The molecule has 0 bridgehead atoms. The molecule has 1 aromatic carbocycles. The average molecular weight is 271 g/mol. The summed E-state index contributed by atoms with van der Waals surface area (Å²) in [5.41, 5.74) is 1.34. The fourth-order valence-corrected chi connectivity index (χ4v) is 2.89. The number of hydrogen-bond donors (Lipinski definition) is 1. The Labute approximate surface area is 93.3 Å². The van der Waals surface area contributed by atoms with Gasteiger partial charge in [-0.1, -0.05) is 0 Å². The average Bonchev–Trinajstić information content (AvgIpc) is 2.59. The number of hydrogen-bond acceptors (Lipinski definition) is 2. The highest BCUT2D eigenvalue weighted by atomic mass is 79.9. The molecule has 0 aliphatic rings. The lowest BCUT2D eigenvalue weighted by Gasteiger charge is -2.03.